The summed E-state index contributed by atoms with van der Waals surface area (Å²) in [7, 11) is 0. The number of aliphatic hydroxyl groups is 1. The summed E-state index contributed by atoms with van der Waals surface area (Å²) in [5.41, 5.74) is 4.67. The topological polar surface area (TPSA) is 141 Å². The molecular formula is C25H29N5O5. The molecule has 5 rings (SSSR count). The van der Waals surface area contributed by atoms with E-state index in [1.165, 1.54) is 19.2 Å². The number of ether oxygens (including phenoxy) is 1. The zero-order valence-corrected chi connectivity index (χ0v) is 19.7. The Morgan fingerprint density at radius 1 is 1.26 bits per heavy atom. The third-order valence-corrected chi connectivity index (χ3v) is 6.75. The monoisotopic (exact) mass is 479 g/mol. The second kappa shape index (κ2) is 9.18. The number of fused-ring (bicyclic) bond motifs is 1. The second-order valence-electron chi connectivity index (χ2n) is 9.34. The lowest BCUT2D eigenvalue weighted by Gasteiger charge is -2.15. The maximum absolute atomic E-state index is 13.2. The molecule has 0 bridgehead atoms. The third kappa shape index (κ3) is 4.53. The van der Waals surface area contributed by atoms with Crippen molar-refractivity contribution in [3.63, 3.8) is 0 Å². The molecule has 0 spiro atoms. The molecule has 2 atom stereocenters. The lowest BCUT2D eigenvalue weighted by atomic mass is 10.0. The number of rotatable bonds is 7. The normalized spacial score (nSPS) is 19.8. The molecule has 1 saturated carbocycles. The summed E-state index contributed by atoms with van der Waals surface area (Å²) in [6.07, 6.45) is 2.56. The lowest BCUT2D eigenvalue weighted by molar-refractivity contribution is 0.0889. The molecule has 10 nitrogen and oxygen atoms in total. The fourth-order valence-electron chi connectivity index (χ4n) is 4.53. The molecule has 35 heavy (non-hydrogen) atoms. The van der Waals surface area contributed by atoms with Gasteiger partial charge in [0, 0.05) is 17.8 Å². The minimum absolute atomic E-state index is 0.0232. The van der Waals surface area contributed by atoms with E-state index in [4.69, 9.17) is 4.74 Å². The number of benzene rings is 1. The van der Waals surface area contributed by atoms with Crippen LogP contribution in [0.4, 0.5) is 4.79 Å². The van der Waals surface area contributed by atoms with Crippen molar-refractivity contribution < 1.29 is 24.5 Å². The van der Waals surface area contributed by atoms with Gasteiger partial charge in [-0.2, -0.15) is 0 Å². The molecule has 3 heterocycles. The maximum Gasteiger partial charge on any atom is 0.407 e. The molecule has 2 aliphatic rings. The van der Waals surface area contributed by atoms with E-state index in [2.05, 4.69) is 39.3 Å². The van der Waals surface area contributed by atoms with Crippen molar-refractivity contribution in [3.05, 3.63) is 41.3 Å². The van der Waals surface area contributed by atoms with Crippen LogP contribution in [-0.4, -0.2) is 73.9 Å². The van der Waals surface area contributed by atoms with Crippen LogP contribution in [0, 0.1) is 12.8 Å². The number of hydrogen-bond acceptors (Lipinski definition) is 6. The molecule has 2 amide bonds. The van der Waals surface area contributed by atoms with Crippen LogP contribution in [0.15, 0.2) is 24.5 Å². The van der Waals surface area contributed by atoms with Gasteiger partial charge in [0.05, 0.1) is 36.4 Å². The van der Waals surface area contributed by atoms with Crippen LogP contribution in [0.2, 0.25) is 0 Å². The number of carboxylic acid groups (broad SMARTS) is 1. The molecule has 2 aromatic heterocycles. The third-order valence-electron chi connectivity index (χ3n) is 6.75. The Kier molecular flexibility index (Phi) is 6.06. The number of aliphatic hydroxyl groups excluding tert-OH is 1. The van der Waals surface area contributed by atoms with Gasteiger partial charge in [0.2, 0.25) is 0 Å². The Bertz CT molecular complexity index is 1280. The van der Waals surface area contributed by atoms with Gasteiger partial charge in [0.25, 0.3) is 5.91 Å². The number of nitrogens with zero attached hydrogens (tertiary/aromatic N) is 3. The van der Waals surface area contributed by atoms with E-state index < -0.39 is 24.1 Å². The Labute approximate surface area is 202 Å². The highest BCUT2D eigenvalue weighted by Gasteiger charge is 2.36. The van der Waals surface area contributed by atoms with E-state index in [9.17, 15) is 19.8 Å². The number of carbonyl (C=O) groups is 2. The first-order chi connectivity index (χ1) is 16.9. The molecule has 1 aliphatic heterocycles. The minimum atomic E-state index is -1.13. The van der Waals surface area contributed by atoms with Crippen LogP contribution >= 0.6 is 0 Å². The van der Waals surface area contributed by atoms with Crippen molar-refractivity contribution in [2.45, 2.75) is 45.3 Å². The number of β-amino-alcohol motifs (C(OH)–C–C–N with tert-alkyl or cyclic N) is 1. The number of aryl methyl sites for hydroxylation is 2. The molecule has 1 aromatic carbocycles. The van der Waals surface area contributed by atoms with Crippen LogP contribution in [0.3, 0.4) is 0 Å². The van der Waals surface area contributed by atoms with Gasteiger partial charge >= 0.3 is 6.09 Å². The number of aromatic amines is 1. The Morgan fingerprint density at radius 2 is 2.06 bits per heavy atom. The Balaban J connectivity index is 1.49. The van der Waals surface area contributed by atoms with Crippen LogP contribution in [0.5, 0.6) is 5.75 Å². The van der Waals surface area contributed by atoms with Gasteiger partial charge in [-0.25, -0.2) is 14.8 Å². The molecule has 1 saturated heterocycles. The SMILES string of the molecule is CCc1ccc(OCC2CC2)c(-c2ncnc3c(C(=O)NC4CN(C(=O)O)CC4O)c(C)[nH]c23)c1. The number of aromatic nitrogens is 3. The van der Waals surface area contributed by atoms with E-state index in [0.717, 1.165) is 28.2 Å². The molecule has 3 aromatic rings. The van der Waals surface area contributed by atoms with Gasteiger partial charge in [0.15, 0.2) is 0 Å². The Morgan fingerprint density at radius 3 is 2.74 bits per heavy atom. The van der Waals surface area contributed by atoms with E-state index in [-0.39, 0.29) is 13.1 Å². The first-order valence-corrected chi connectivity index (χ1v) is 11.9. The summed E-state index contributed by atoms with van der Waals surface area (Å²) < 4.78 is 6.14. The van der Waals surface area contributed by atoms with Crippen molar-refractivity contribution in [2.75, 3.05) is 19.7 Å². The van der Waals surface area contributed by atoms with Gasteiger partial charge in [-0.15, -0.1) is 0 Å². The molecule has 10 heteroatoms. The minimum Gasteiger partial charge on any atom is -0.493 e. The van der Waals surface area contributed by atoms with Gasteiger partial charge < -0.3 is 30.2 Å². The molecule has 4 N–H and O–H groups in total. The van der Waals surface area contributed by atoms with Crippen molar-refractivity contribution in [2.24, 2.45) is 5.92 Å². The molecule has 184 valence electrons. The van der Waals surface area contributed by atoms with E-state index >= 15 is 0 Å². The molecular weight excluding hydrogens is 450 g/mol. The number of likely N-dealkylation sites (tertiary alicyclic amines) is 1. The zero-order valence-electron chi connectivity index (χ0n) is 19.7. The van der Waals surface area contributed by atoms with Crippen LogP contribution in [0.25, 0.3) is 22.3 Å². The number of carbonyl (C=O) groups excluding carboxylic acids is 1. The van der Waals surface area contributed by atoms with Crippen molar-refractivity contribution in [3.8, 4) is 17.0 Å². The Hall–Kier alpha value is -3.66. The fourth-order valence-corrected chi connectivity index (χ4v) is 4.53. The largest absolute Gasteiger partial charge is 0.493 e. The number of nitrogens with one attached hydrogen (secondary N) is 2. The van der Waals surface area contributed by atoms with Gasteiger partial charge in [0.1, 0.15) is 23.3 Å². The summed E-state index contributed by atoms with van der Waals surface area (Å²) in [5.74, 6) is 0.919. The molecule has 1 aliphatic carbocycles. The smallest absolute Gasteiger partial charge is 0.407 e. The molecule has 2 unspecified atom stereocenters. The quantitative estimate of drug-likeness (QED) is 0.408. The van der Waals surface area contributed by atoms with Gasteiger partial charge in [-0.05, 0) is 49.8 Å². The number of amides is 2. The van der Waals surface area contributed by atoms with Gasteiger partial charge in [-0.3, -0.25) is 4.79 Å². The average Bonchev–Trinajstić information content (AvgIpc) is 3.51. The van der Waals surface area contributed by atoms with E-state index in [1.54, 1.807) is 6.92 Å². The lowest BCUT2D eigenvalue weighted by Crippen LogP contribution is -2.43. The maximum atomic E-state index is 13.2. The molecule has 2 fully saturated rings. The highest BCUT2D eigenvalue weighted by Crippen LogP contribution is 2.37. The zero-order chi connectivity index (χ0) is 24.7. The summed E-state index contributed by atoms with van der Waals surface area (Å²) in [6.45, 7) is 4.51. The van der Waals surface area contributed by atoms with E-state index in [1.807, 2.05) is 6.07 Å². The predicted octanol–water partition coefficient (Wildman–Crippen LogP) is 2.74. The van der Waals surface area contributed by atoms with Crippen LogP contribution in [-0.2, 0) is 6.42 Å². The summed E-state index contributed by atoms with van der Waals surface area (Å²) in [4.78, 5) is 37.8. The highest BCUT2D eigenvalue weighted by atomic mass is 16.5. The first kappa shape index (κ1) is 23.1. The second-order valence-corrected chi connectivity index (χ2v) is 9.34. The highest BCUT2D eigenvalue weighted by molar-refractivity contribution is 6.09. The van der Waals surface area contributed by atoms with Crippen molar-refractivity contribution >= 4 is 23.0 Å². The summed E-state index contributed by atoms with van der Waals surface area (Å²) in [5, 5.41) is 22.2. The van der Waals surface area contributed by atoms with Crippen molar-refractivity contribution in [1.82, 2.24) is 25.2 Å². The summed E-state index contributed by atoms with van der Waals surface area (Å²) >= 11 is 0. The van der Waals surface area contributed by atoms with E-state index in [0.29, 0.717) is 40.5 Å². The standard InChI is InChI=1S/C25H29N5O5/c1-3-14-6-7-19(35-11-15-4-5-15)16(8-14)21-23-22(27-12-26-21)20(13(2)28-23)24(32)29-17-9-30(25(33)34)10-18(17)31/h6-8,12,15,17-18,28,31H,3-5,9-11H2,1-2H3,(H,29,32)(H,33,34). The van der Waals surface area contributed by atoms with Crippen LogP contribution in [0.1, 0.15) is 41.4 Å². The van der Waals surface area contributed by atoms with Crippen LogP contribution < -0.4 is 10.1 Å². The average molecular weight is 480 g/mol. The molecule has 0 radical (unpaired) electrons. The predicted molar refractivity (Wildman–Crippen MR) is 129 cm³/mol. The first-order valence-electron chi connectivity index (χ1n) is 11.9. The fraction of sp³-hybridized carbons (Fsp3) is 0.440. The summed E-state index contributed by atoms with van der Waals surface area (Å²) in [6, 6.07) is 5.39. The van der Waals surface area contributed by atoms with Gasteiger partial charge in [-0.1, -0.05) is 13.0 Å². The number of hydrogen-bond donors (Lipinski definition) is 4. The van der Waals surface area contributed by atoms with Crippen molar-refractivity contribution in [1.29, 1.82) is 0 Å². The number of H-pyrrole nitrogens is 1.